The lowest BCUT2D eigenvalue weighted by molar-refractivity contribution is -0.392. The molecule has 8 rings (SSSR count). The molecule has 18 heteroatoms. The van der Waals surface area contributed by atoms with Crippen molar-refractivity contribution in [2.24, 2.45) is 23.7 Å². The summed E-state index contributed by atoms with van der Waals surface area (Å²) < 4.78 is 5.43. The second-order valence-corrected chi connectivity index (χ2v) is 15.9. The molecule has 2 heterocycles. The highest BCUT2D eigenvalue weighted by molar-refractivity contribution is 6.36. The standard InChI is InChI=1S/C41H34Cl2N6O10/c1-45(2)36-32(48(55)56)17-23(18-33(36)49(57)58)46-37(51)27-14-13-26-28(34(27)39(46)53)19-29-38(52)47(44-31-15-8-22(42)16-30(31)43)40(54)41(29,21-6-11-25(59-3)12-7-21)35(26)20-4-9-24(50)10-5-20/h4-13,15-18,27-29,34-35,44,50H,14,19H2,1-3H3. The third-order valence-corrected chi connectivity index (χ3v) is 12.5. The van der Waals surface area contributed by atoms with Gasteiger partial charge in [-0.2, -0.15) is 5.01 Å². The molecule has 2 aliphatic carbocycles. The van der Waals surface area contributed by atoms with Crippen molar-refractivity contribution in [2.45, 2.75) is 24.2 Å². The number of rotatable bonds is 9. The van der Waals surface area contributed by atoms with E-state index in [0.29, 0.717) is 27.5 Å². The van der Waals surface area contributed by atoms with Gasteiger partial charge in [-0.25, -0.2) is 4.90 Å². The van der Waals surface area contributed by atoms with Crippen LogP contribution in [0.3, 0.4) is 0 Å². The molecular weight excluding hydrogens is 807 g/mol. The van der Waals surface area contributed by atoms with E-state index in [-0.39, 0.29) is 40.7 Å². The van der Waals surface area contributed by atoms with Gasteiger partial charge < -0.3 is 14.7 Å². The van der Waals surface area contributed by atoms with E-state index in [1.165, 1.54) is 56.4 Å². The number of methoxy groups -OCH3 is 1. The molecule has 1 saturated carbocycles. The van der Waals surface area contributed by atoms with Crippen LogP contribution in [0.4, 0.5) is 28.4 Å². The van der Waals surface area contributed by atoms with E-state index in [9.17, 15) is 39.7 Å². The molecule has 4 aromatic rings. The van der Waals surface area contributed by atoms with Crippen molar-refractivity contribution in [2.75, 3.05) is 36.4 Å². The molecule has 59 heavy (non-hydrogen) atoms. The molecule has 0 aromatic heterocycles. The number of nitrogens with zero attached hydrogens (tertiary/aromatic N) is 5. The van der Waals surface area contributed by atoms with Gasteiger partial charge in [0.1, 0.15) is 11.5 Å². The number of imide groups is 2. The Bertz CT molecular complexity index is 2500. The number of allylic oxidation sites excluding steroid dienone is 2. The average molecular weight is 842 g/mol. The van der Waals surface area contributed by atoms with E-state index in [2.05, 4.69) is 5.43 Å². The monoisotopic (exact) mass is 840 g/mol. The number of aromatic hydroxyl groups is 1. The van der Waals surface area contributed by atoms with Crippen molar-refractivity contribution in [1.29, 1.82) is 0 Å². The molecule has 0 bridgehead atoms. The number of ether oxygens (including phenoxy) is 1. The van der Waals surface area contributed by atoms with Crippen LogP contribution in [0.5, 0.6) is 11.5 Å². The van der Waals surface area contributed by atoms with Gasteiger partial charge in [-0.05, 0) is 72.4 Å². The first-order valence-electron chi connectivity index (χ1n) is 18.4. The van der Waals surface area contributed by atoms with E-state index in [0.717, 1.165) is 22.0 Å². The van der Waals surface area contributed by atoms with Crippen molar-refractivity contribution in [1.82, 2.24) is 5.01 Å². The first kappa shape index (κ1) is 39.3. The summed E-state index contributed by atoms with van der Waals surface area (Å²) in [6.07, 6.45) is 1.74. The van der Waals surface area contributed by atoms with Crippen LogP contribution in [-0.4, -0.2) is 64.8 Å². The number of nitrogens with one attached hydrogen (secondary N) is 1. The van der Waals surface area contributed by atoms with Crippen LogP contribution in [0.15, 0.2) is 90.5 Å². The number of amides is 4. The third kappa shape index (κ3) is 5.96. The van der Waals surface area contributed by atoms with Crippen LogP contribution in [-0.2, 0) is 24.6 Å². The maximum atomic E-state index is 15.4. The maximum Gasteiger partial charge on any atom is 0.301 e. The fourth-order valence-electron chi connectivity index (χ4n) is 9.60. The molecule has 6 unspecified atom stereocenters. The number of nitro groups is 2. The number of hydrazine groups is 1. The molecule has 302 valence electrons. The van der Waals surface area contributed by atoms with E-state index >= 15 is 4.79 Å². The zero-order valence-corrected chi connectivity index (χ0v) is 33.0. The van der Waals surface area contributed by atoms with Crippen molar-refractivity contribution in [3.8, 4) is 11.5 Å². The summed E-state index contributed by atoms with van der Waals surface area (Å²) in [5, 5.41) is 36.2. The van der Waals surface area contributed by atoms with Crippen LogP contribution in [0.1, 0.15) is 29.9 Å². The SMILES string of the molecule is COc1ccc(C23C(=O)N(Nc4ccc(Cl)cc4Cl)C(=O)C2CC2C(=CCC4C(=O)N(c5cc([N+](=O)[O-])c(N(C)C)c([N+](=O)[O-])c5)C(=O)C42)C3c2ccc(O)cc2)cc1. The molecule has 2 saturated heterocycles. The summed E-state index contributed by atoms with van der Waals surface area (Å²) in [5.74, 6) is -7.32. The molecule has 4 amide bonds. The van der Waals surface area contributed by atoms with E-state index in [4.69, 9.17) is 27.9 Å². The number of phenolic OH excluding ortho intramolecular Hbond substituents is 1. The molecule has 0 radical (unpaired) electrons. The van der Waals surface area contributed by atoms with Crippen LogP contribution in [0, 0.1) is 43.9 Å². The number of halogens is 2. The van der Waals surface area contributed by atoms with Crippen LogP contribution in [0.25, 0.3) is 0 Å². The molecule has 3 fully saturated rings. The number of fused-ring (bicyclic) bond motifs is 4. The van der Waals surface area contributed by atoms with Crippen molar-refractivity contribution in [3.63, 3.8) is 0 Å². The first-order chi connectivity index (χ1) is 28.1. The van der Waals surface area contributed by atoms with Gasteiger partial charge in [0.05, 0.1) is 56.5 Å². The summed E-state index contributed by atoms with van der Waals surface area (Å²) >= 11 is 12.7. The first-order valence-corrected chi connectivity index (χ1v) is 19.1. The minimum absolute atomic E-state index is 0.0139. The van der Waals surface area contributed by atoms with E-state index in [1.54, 1.807) is 36.4 Å². The minimum atomic E-state index is -1.66. The minimum Gasteiger partial charge on any atom is -0.508 e. The maximum absolute atomic E-state index is 15.4. The summed E-state index contributed by atoms with van der Waals surface area (Å²) in [6.45, 7) is 0. The molecule has 0 spiro atoms. The van der Waals surface area contributed by atoms with Gasteiger partial charge in [-0.1, -0.05) is 59.1 Å². The smallest absolute Gasteiger partial charge is 0.301 e. The fraction of sp³-hybridized carbons (Fsp3) is 0.268. The number of phenols is 1. The second kappa shape index (κ2) is 14.4. The van der Waals surface area contributed by atoms with Crippen LogP contribution < -0.4 is 20.0 Å². The van der Waals surface area contributed by atoms with Gasteiger partial charge in [0.15, 0.2) is 5.69 Å². The highest BCUT2D eigenvalue weighted by Gasteiger charge is 2.70. The number of hydrogen-bond acceptors (Lipinski definition) is 12. The van der Waals surface area contributed by atoms with Crippen molar-refractivity contribution >= 4 is 75.3 Å². The Morgan fingerprint density at radius 1 is 0.864 bits per heavy atom. The summed E-state index contributed by atoms with van der Waals surface area (Å²) in [5.41, 5.74) is 1.08. The lowest BCUT2D eigenvalue weighted by atomic mass is 9.49. The molecule has 16 nitrogen and oxygen atoms in total. The molecule has 4 aromatic carbocycles. The fourth-order valence-corrected chi connectivity index (χ4v) is 10.0. The lowest BCUT2D eigenvalue weighted by Gasteiger charge is -2.50. The second-order valence-electron chi connectivity index (χ2n) is 15.1. The van der Waals surface area contributed by atoms with Gasteiger partial charge in [-0.15, -0.1) is 0 Å². The van der Waals surface area contributed by atoms with Gasteiger partial charge >= 0.3 is 11.4 Å². The third-order valence-electron chi connectivity index (χ3n) is 12.0. The number of hydrogen-bond donors (Lipinski definition) is 2. The predicted octanol–water partition coefficient (Wildman–Crippen LogP) is 6.78. The van der Waals surface area contributed by atoms with Crippen molar-refractivity contribution < 1.29 is 38.9 Å². The topological polar surface area (TPSA) is 206 Å². The largest absolute Gasteiger partial charge is 0.508 e. The zero-order chi connectivity index (χ0) is 42.2. The van der Waals surface area contributed by atoms with Crippen molar-refractivity contribution in [3.05, 3.63) is 132 Å². The average Bonchev–Trinajstić information content (AvgIpc) is 3.59. The number of nitro benzene ring substituents is 2. The van der Waals surface area contributed by atoms with Crippen LogP contribution >= 0.6 is 23.2 Å². The Kier molecular flexibility index (Phi) is 9.59. The highest BCUT2D eigenvalue weighted by Crippen LogP contribution is 2.64. The Morgan fingerprint density at radius 3 is 2.08 bits per heavy atom. The number of benzene rings is 4. The Hall–Kier alpha value is -6.52. The molecular formula is C41H34Cl2N6O10. The number of carbonyl (C=O) groups excluding carboxylic acids is 4. The normalized spacial score (nSPS) is 24.6. The van der Waals surface area contributed by atoms with Gasteiger partial charge in [-0.3, -0.25) is 44.8 Å². The molecule has 4 aliphatic rings. The Morgan fingerprint density at radius 2 is 1.51 bits per heavy atom. The summed E-state index contributed by atoms with van der Waals surface area (Å²) in [7, 11) is 4.29. The molecule has 2 aliphatic heterocycles. The Balaban J connectivity index is 1.30. The number of anilines is 3. The molecule has 6 atom stereocenters. The number of carbonyl (C=O) groups is 4. The molecule has 2 N–H and O–H groups in total. The quantitative estimate of drug-likeness (QED) is 0.0775. The summed E-state index contributed by atoms with van der Waals surface area (Å²) in [4.78, 5) is 84.3. The van der Waals surface area contributed by atoms with Gasteiger partial charge in [0, 0.05) is 37.2 Å². The van der Waals surface area contributed by atoms with Crippen LogP contribution in [0.2, 0.25) is 10.0 Å². The Labute approximate surface area is 345 Å². The highest BCUT2D eigenvalue weighted by atomic mass is 35.5. The predicted molar refractivity (Wildman–Crippen MR) is 215 cm³/mol. The lowest BCUT2D eigenvalue weighted by Crippen LogP contribution is -2.53. The van der Waals surface area contributed by atoms with Gasteiger partial charge in [0.25, 0.3) is 11.8 Å². The van der Waals surface area contributed by atoms with E-state index < -0.39 is 79.9 Å². The summed E-state index contributed by atoms with van der Waals surface area (Å²) in [6, 6.07) is 19.4. The van der Waals surface area contributed by atoms with E-state index in [1.807, 2.05) is 6.08 Å². The van der Waals surface area contributed by atoms with Gasteiger partial charge in [0.2, 0.25) is 11.8 Å². The zero-order valence-electron chi connectivity index (χ0n) is 31.5.